The Balaban J connectivity index is 2.02. The molecular weight excluding hydrogens is 252 g/mol. The predicted molar refractivity (Wildman–Crippen MR) is 65.3 cm³/mol. The molecule has 0 spiro atoms. The third kappa shape index (κ3) is 3.07. The van der Waals surface area contributed by atoms with Gasteiger partial charge in [0.05, 0.1) is 23.1 Å². The van der Waals surface area contributed by atoms with Gasteiger partial charge in [0.25, 0.3) is 0 Å². The molecule has 1 aromatic carbocycles. The first kappa shape index (κ1) is 13.0. The highest BCUT2D eigenvalue weighted by atomic mass is 32.2. The fraction of sp³-hybridized carbons (Fsp3) is 0.417. The van der Waals surface area contributed by atoms with Crippen molar-refractivity contribution in [1.29, 1.82) is 5.26 Å². The fourth-order valence-corrected chi connectivity index (χ4v) is 2.88. The summed E-state index contributed by atoms with van der Waals surface area (Å²) in [7, 11) is -3.49. The Bertz CT molecular complexity index is 540. The van der Waals surface area contributed by atoms with E-state index < -0.39 is 10.0 Å². The summed E-state index contributed by atoms with van der Waals surface area (Å²) in [6, 6.07) is 7.81. The van der Waals surface area contributed by atoms with Crippen molar-refractivity contribution in [3.05, 3.63) is 29.8 Å². The van der Waals surface area contributed by atoms with E-state index in [0.717, 1.165) is 6.42 Å². The van der Waals surface area contributed by atoms with Gasteiger partial charge < -0.3 is 4.74 Å². The molecule has 0 saturated carbocycles. The van der Waals surface area contributed by atoms with Crippen molar-refractivity contribution in [2.45, 2.75) is 11.3 Å². The molecule has 1 aliphatic rings. The SMILES string of the molecule is N#Cc1ccc(S(=O)(=O)NCC2CCOC2)cc1. The number of nitrogens with zero attached hydrogens (tertiary/aromatic N) is 1. The average molecular weight is 266 g/mol. The summed E-state index contributed by atoms with van der Waals surface area (Å²) >= 11 is 0. The van der Waals surface area contributed by atoms with Crippen LogP contribution < -0.4 is 4.72 Å². The van der Waals surface area contributed by atoms with Crippen molar-refractivity contribution in [3.63, 3.8) is 0 Å². The maximum absolute atomic E-state index is 12.0. The number of nitrogens with one attached hydrogen (secondary N) is 1. The van der Waals surface area contributed by atoms with Gasteiger partial charge in [-0.05, 0) is 36.6 Å². The van der Waals surface area contributed by atoms with Gasteiger partial charge in [0, 0.05) is 13.2 Å². The smallest absolute Gasteiger partial charge is 0.240 e. The molecule has 1 saturated heterocycles. The Morgan fingerprint density at radius 1 is 1.39 bits per heavy atom. The molecule has 0 radical (unpaired) electrons. The monoisotopic (exact) mass is 266 g/mol. The second-order valence-corrected chi connectivity index (χ2v) is 5.98. The minimum Gasteiger partial charge on any atom is -0.381 e. The lowest BCUT2D eigenvalue weighted by atomic mass is 10.1. The van der Waals surface area contributed by atoms with E-state index in [1.807, 2.05) is 6.07 Å². The molecule has 1 atom stereocenters. The average Bonchev–Trinajstić information content (AvgIpc) is 2.90. The molecule has 1 aliphatic heterocycles. The summed E-state index contributed by atoms with van der Waals surface area (Å²) < 4.78 is 31.7. The van der Waals surface area contributed by atoms with Gasteiger partial charge >= 0.3 is 0 Å². The van der Waals surface area contributed by atoms with E-state index in [9.17, 15) is 8.42 Å². The van der Waals surface area contributed by atoms with Crippen molar-refractivity contribution in [2.75, 3.05) is 19.8 Å². The maximum atomic E-state index is 12.0. The second-order valence-electron chi connectivity index (χ2n) is 4.22. The summed E-state index contributed by atoms with van der Waals surface area (Å²) in [5.74, 6) is 0.248. The molecule has 5 nitrogen and oxygen atoms in total. The van der Waals surface area contributed by atoms with Crippen LogP contribution in [0.25, 0.3) is 0 Å². The highest BCUT2D eigenvalue weighted by Crippen LogP contribution is 2.14. The topological polar surface area (TPSA) is 79.2 Å². The number of sulfonamides is 1. The van der Waals surface area contributed by atoms with Crippen molar-refractivity contribution >= 4 is 10.0 Å². The quantitative estimate of drug-likeness (QED) is 0.877. The van der Waals surface area contributed by atoms with Crippen LogP contribution in [0.1, 0.15) is 12.0 Å². The van der Waals surface area contributed by atoms with Gasteiger partial charge in [-0.3, -0.25) is 0 Å². The lowest BCUT2D eigenvalue weighted by Crippen LogP contribution is -2.29. The number of hydrogen-bond acceptors (Lipinski definition) is 4. The van der Waals surface area contributed by atoms with Crippen LogP contribution in [0.2, 0.25) is 0 Å². The zero-order valence-electron chi connectivity index (χ0n) is 9.80. The number of nitriles is 1. The fourth-order valence-electron chi connectivity index (χ4n) is 1.76. The molecule has 0 aromatic heterocycles. The van der Waals surface area contributed by atoms with Crippen LogP contribution in [-0.4, -0.2) is 28.2 Å². The summed E-state index contributed by atoms with van der Waals surface area (Å²) in [4.78, 5) is 0.181. The molecule has 1 unspecified atom stereocenters. The van der Waals surface area contributed by atoms with Crippen LogP contribution in [0.15, 0.2) is 29.2 Å². The largest absolute Gasteiger partial charge is 0.381 e. The first-order chi connectivity index (χ1) is 8.62. The van der Waals surface area contributed by atoms with Crippen LogP contribution in [0.4, 0.5) is 0 Å². The minimum absolute atomic E-state index is 0.181. The van der Waals surface area contributed by atoms with Crippen LogP contribution in [-0.2, 0) is 14.8 Å². The van der Waals surface area contributed by atoms with Crippen LogP contribution in [0, 0.1) is 17.2 Å². The molecule has 18 heavy (non-hydrogen) atoms. The van der Waals surface area contributed by atoms with Crippen molar-refractivity contribution in [2.24, 2.45) is 5.92 Å². The molecule has 1 heterocycles. The van der Waals surface area contributed by atoms with E-state index in [2.05, 4.69) is 4.72 Å². The van der Waals surface area contributed by atoms with Gasteiger partial charge in [0.2, 0.25) is 10.0 Å². The molecule has 0 aliphatic carbocycles. The van der Waals surface area contributed by atoms with Gasteiger partial charge in [0.1, 0.15) is 0 Å². The molecule has 0 bridgehead atoms. The lowest BCUT2D eigenvalue weighted by Gasteiger charge is -2.10. The van der Waals surface area contributed by atoms with Crippen molar-refractivity contribution in [1.82, 2.24) is 4.72 Å². The van der Waals surface area contributed by atoms with Crippen molar-refractivity contribution in [3.8, 4) is 6.07 Å². The van der Waals surface area contributed by atoms with E-state index in [1.165, 1.54) is 24.3 Å². The Kier molecular flexibility index (Phi) is 3.97. The van der Waals surface area contributed by atoms with Gasteiger partial charge in [-0.1, -0.05) is 0 Å². The second kappa shape index (κ2) is 5.48. The van der Waals surface area contributed by atoms with E-state index in [4.69, 9.17) is 10.00 Å². The Labute approximate surface area is 106 Å². The predicted octanol–water partition coefficient (Wildman–Crippen LogP) is 0.873. The van der Waals surface area contributed by atoms with Gasteiger partial charge in [-0.2, -0.15) is 5.26 Å². The molecule has 0 amide bonds. The number of ether oxygens (including phenoxy) is 1. The molecule has 1 N–H and O–H groups in total. The zero-order chi connectivity index (χ0) is 13.0. The van der Waals surface area contributed by atoms with Gasteiger partial charge in [-0.15, -0.1) is 0 Å². The lowest BCUT2D eigenvalue weighted by molar-refractivity contribution is 0.186. The maximum Gasteiger partial charge on any atom is 0.240 e. The third-order valence-corrected chi connectivity index (χ3v) is 4.32. The zero-order valence-corrected chi connectivity index (χ0v) is 10.6. The molecule has 1 fully saturated rings. The minimum atomic E-state index is -3.49. The van der Waals surface area contributed by atoms with Gasteiger partial charge in [-0.25, -0.2) is 13.1 Å². The Morgan fingerprint density at radius 2 is 2.11 bits per heavy atom. The molecule has 1 aromatic rings. The molecular formula is C12H14N2O3S. The third-order valence-electron chi connectivity index (χ3n) is 2.88. The van der Waals surface area contributed by atoms with E-state index in [0.29, 0.717) is 25.3 Å². The summed E-state index contributed by atoms with van der Waals surface area (Å²) in [5, 5.41) is 8.65. The molecule has 2 rings (SSSR count). The van der Waals surface area contributed by atoms with Crippen LogP contribution in [0.5, 0.6) is 0 Å². The molecule has 6 heteroatoms. The highest BCUT2D eigenvalue weighted by molar-refractivity contribution is 7.89. The standard InChI is InChI=1S/C12H14N2O3S/c13-7-10-1-3-12(4-2-10)18(15,16)14-8-11-5-6-17-9-11/h1-4,11,14H,5-6,8-9H2. The number of rotatable bonds is 4. The number of hydrogen-bond donors (Lipinski definition) is 1. The number of benzene rings is 1. The van der Waals surface area contributed by atoms with Crippen molar-refractivity contribution < 1.29 is 13.2 Å². The normalized spacial score (nSPS) is 19.6. The Morgan fingerprint density at radius 3 is 2.67 bits per heavy atom. The highest BCUT2D eigenvalue weighted by Gasteiger charge is 2.20. The van der Waals surface area contributed by atoms with E-state index >= 15 is 0 Å². The van der Waals surface area contributed by atoms with Crippen LogP contribution in [0.3, 0.4) is 0 Å². The Hall–Kier alpha value is -1.42. The first-order valence-corrected chi connectivity index (χ1v) is 7.18. The molecule has 96 valence electrons. The first-order valence-electron chi connectivity index (χ1n) is 5.69. The van der Waals surface area contributed by atoms with E-state index in [-0.39, 0.29) is 10.8 Å². The van der Waals surface area contributed by atoms with Gasteiger partial charge in [0.15, 0.2) is 0 Å². The summed E-state index contributed by atoms with van der Waals surface area (Å²) in [6.45, 7) is 1.70. The van der Waals surface area contributed by atoms with E-state index in [1.54, 1.807) is 0 Å². The summed E-state index contributed by atoms with van der Waals surface area (Å²) in [5.41, 5.74) is 0.443. The summed E-state index contributed by atoms with van der Waals surface area (Å²) in [6.07, 6.45) is 0.885. The van der Waals surface area contributed by atoms with Crippen LogP contribution >= 0.6 is 0 Å².